The fraction of sp³-hybridized carbons (Fsp3) is 0.389. The van der Waals surface area contributed by atoms with Gasteiger partial charge in [-0.25, -0.2) is 0 Å². The van der Waals surface area contributed by atoms with Gasteiger partial charge in [0, 0.05) is 5.39 Å². The first-order chi connectivity index (χ1) is 9.75. The summed E-state index contributed by atoms with van der Waals surface area (Å²) in [6.07, 6.45) is 6.21. The molecule has 0 spiro atoms. The highest BCUT2D eigenvalue weighted by molar-refractivity contribution is 6.03. The van der Waals surface area contributed by atoms with E-state index in [4.69, 9.17) is 4.74 Å². The topological polar surface area (TPSA) is 26.3 Å². The molecule has 1 fully saturated rings. The van der Waals surface area contributed by atoms with Crippen LogP contribution in [0.25, 0.3) is 10.8 Å². The summed E-state index contributed by atoms with van der Waals surface area (Å²) in [5.41, 5.74) is 0.703. The number of carbonyl (C=O) groups is 1. The SMILES string of the molecule is CC(=O)c1ccc2ccccc2c1OC1CCCCC1. The number of benzene rings is 2. The van der Waals surface area contributed by atoms with Crippen LogP contribution in [0.3, 0.4) is 0 Å². The molecule has 104 valence electrons. The van der Waals surface area contributed by atoms with Gasteiger partial charge in [0.1, 0.15) is 5.75 Å². The molecule has 0 atom stereocenters. The molecule has 0 N–H and O–H groups in total. The third kappa shape index (κ3) is 2.55. The van der Waals surface area contributed by atoms with Gasteiger partial charge in [0.05, 0.1) is 11.7 Å². The van der Waals surface area contributed by atoms with E-state index in [0.717, 1.165) is 29.4 Å². The minimum Gasteiger partial charge on any atom is -0.489 e. The number of rotatable bonds is 3. The zero-order valence-corrected chi connectivity index (χ0v) is 11.9. The second kappa shape index (κ2) is 5.66. The summed E-state index contributed by atoms with van der Waals surface area (Å²) in [7, 11) is 0. The second-order valence-electron chi connectivity index (χ2n) is 5.60. The van der Waals surface area contributed by atoms with Gasteiger partial charge in [-0.3, -0.25) is 4.79 Å². The quantitative estimate of drug-likeness (QED) is 0.751. The minimum atomic E-state index is 0.0709. The van der Waals surface area contributed by atoms with Gasteiger partial charge >= 0.3 is 0 Å². The Morgan fingerprint density at radius 2 is 1.80 bits per heavy atom. The summed E-state index contributed by atoms with van der Waals surface area (Å²) in [6, 6.07) is 12.0. The highest BCUT2D eigenvalue weighted by atomic mass is 16.5. The van der Waals surface area contributed by atoms with Crippen LogP contribution in [0.15, 0.2) is 36.4 Å². The lowest BCUT2D eigenvalue weighted by Crippen LogP contribution is -2.20. The fourth-order valence-corrected chi connectivity index (χ4v) is 3.00. The standard InChI is InChI=1S/C18H20O2/c1-13(19)16-12-11-14-7-5-6-10-17(14)18(16)20-15-8-3-2-4-9-15/h5-7,10-12,15H,2-4,8-9H2,1H3. The van der Waals surface area contributed by atoms with Crippen molar-refractivity contribution in [2.24, 2.45) is 0 Å². The molecule has 0 bridgehead atoms. The Kier molecular flexibility index (Phi) is 3.72. The van der Waals surface area contributed by atoms with E-state index in [1.165, 1.54) is 19.3 Å². The molecule has 0 saturated heterocycles. The van der Waals surface area contributed by atoms with Crippen LogP contribution in [0.5, 0.6) is 5.75 Å². The molecule has 20 heavy (non-hydrogen) atoms. The van der Waals surface area contributed by atoms with Crippen molar-refractivity contribution in [3.8, 4) is 5.75 Å². The van der Waals surface area contributed by atoms with Crippen molar-refractivity contribution in [3.05, 3.63) is 42.0 Å². The summed E-state index contributed by atoms with van der Waals surface area (Å²) in [4.78, 5) is 11.9. The first-order valence-electron chi connectivity index (χ1n) is 7.45. The smallest absolute Gasteiger partial charge is 0.163 e. The molecule has 0 unspecified atom stereocenters. The number of fused-ring (bicyclic) bond motifs is 1. The van der Waals surface area contributed by atoms with Crippen molar-refractivity contribution < 1.29 is 9.53 Å². The number of ether oxygens (including phenoxy) is 1. The molecule has 2 aromatic carbocycles. The third-order valence-corrected chi connectivity index (χ3v) is 4.10. The Morgan fingerprint density at radius 1 is 1.05 bits per heavy atom. The van der Waals surface area contributed by atoms with Crippen molar-refractivity contribution in [2.75, 3.05) is 0 Å². The van der Waals surface area contributed by atoms with E-state index in [0.29, 0.717) is 5.56 Å². The van der Waals surface area contributed by atoms with Crippen molar-refractivity contribution in [3.63, 3.8) is 0 Å². The first-order valence-corrected chi connectivity index (χ1v) is 7.45. The lowest BCUT2D eigenvalue weighted by molar-refractivity contribution is 0.100. The zero-order valence-electron chi connectivity index (χ0n) is 11.9. The van der Waals surface area contributed by atoms with E-state index in [9.17, 15) is 4.79 Å². The predicted octanol–water partition coefficient (Wildman–Crippen LogP) is 4.75. The molecule has 0 aromatic heterocycles. The van der Waals surface area contributed by atoms with Gasteiger partial charge in [-0.15, -0.1) is 0 Å². The third-order valence-electron chi connectivity index (χ3n) is 4.10. The van der Waals surface area contributed by atoms with Crippen LogP contribution in [0.2, 0.25) is 0 Å². The number of ketones is 1. The minimum absolute atomic E-state index is 0.0709. The zero-order chi connectivity index (χ0) is 13.9. The second-order valence-corrected chi connectivity index (χ2v) is 5.60. The number of Topliss-reactive ketones (excluding diaryl/α,β-unsaturated/α-hetero) is 1. The molecule has 1 aliphatic rings. The monoisotopic (exact) mass is 268 g/mol. The first kappa shape index (κ1) is 13.2. The summed E-state index contributed by atoms with van der Waals surface area (Å²) in [6.45, 7) is 1.61. The highest BCUT2D eigenvalue weighted by Gasteiger charge is 2.19. The van der Waals surface area contributed by atoms with Crippen molar-refractivity contribution in [2.45, 2.75) is 45.1 Å². The normalized spacial score (nSPS) is 16.2. The van der Waals surface area contributed by atoms with Gasteiger partial charge in [0.15, 0.2) is 5.78 Å². The van der Waals surface area contributed by atoms with Gasteiger partial charge in [-0.1, -0.05) is 36.8 Å². The molecule has 2 aromatic rings. The summed E-state index contributed by atoms with van der Waals surface area (Å²) in [5, 5.41) is 2.18. The van der Waals surface area contributed by atoms with Crippen molar-refractivity contribution in [1.82, 2.24) is 0 Å². The van der Waals surface area contributed by atoms with E-state index in [1.807, 2.05) is 30.3 Å². The predicted molar refractivity (Wildman–Crippen MR) is 81.5 cm³/mol. The Balaban J connectivity index is 2.04. The van der Waals surface area contributed by atoms with Gasteiger partial charge < -0.3 is 4.74 Å². The van der Waals surface area contributed by atoms with Gasteiger partial charge in [0.2, 0.25) is 0 Å². The number of hydrogen-bond acceptors (Lipinski definition) is 2. The molecule has 1 saturated carbocycles. The molecule has 1 aliphatic carbocycles. The lowest BCUT2D eigenvalue weighted by Gasteiger charge is -2.25. The van der Waals surface area contributed by atoms with Gasteiger partial charge in [0.25, 0.3) is 0 Å². The number of hydrogen-bond donors (Lipinski definition) is 0. The van der Waals surface area contributed by atoms with E-state index < -0.39 is 0 Å². The maximum Gasteiger partial charge on any atom is 0.163 e. The van der Waals surface area contributed by atoms with Crippen LogP contribution in [0.4, 0.5) is 0 Å². The molecule has 0 amide bonds. The molecular formula is C18H20O2. The van der Waals surface area contributed by atoms with Crippen LogP contribution in [0.1, 0.15) is 49.4 Å². The molecular weight excluding hydrogens is 248 g/mol. The maximum absolute atomic E-state index is 11.9. The summed E-state index contributed by atoms with van der Waals surface area (Å²) >= 11 is 0. The molecule has 0 heterocycles. The lowest BCUT2D eigenvalue weighted by atomic mass is 9.97. The van der Waals surface area contributed by atoms with E-state index in [1.54, 1.807) is 6.92 Å². The van der Waals surface area contributed by atoms with Crippen molar-refractivity contribution in [1.29, 1.82) is 0 Å². The van der Waals surface area contributed by atoms with E-state index in [2.05, 4.69) is 6.07 Å². The largest absolute Gasteiger partial charge is 0.489 e. The number of carbonyl (C=O) groups excluding carboxylic acids is 1. The summed E-state index contributed by atoms with van der Waals surface area (Å²) < 4.78 is 6.24. The molecule has 2 nitrogen and oxygen atoms in total. The average molecular weight is 268 g/mol. The molecule has 2 heteroatoms. The average Bonchev–Trinajstić information content (AvgIpc) is 2.48. The van der Waals surface area contributed by atoms with Crippen LogP contribution in [-0.4, -0.2) is 11.9 Å². The van der Waals surface area contributed by atoms with Crippen LogP contribution < -0.4 is 4.74 Å². The summed E-state index contributed by atoms with van der Waals surface area (Å²) in [5.74, 6) is 0.851. The fourth-order valence-electron chi connectivity index (χ4n) is 3.00. The Morgan fingerprint density at radius 3 is 2.55 bits per heavy atom. The van der Waals surface area contributed by atoms with E-state index in [-0.39, 0.29) is 11.9 Å². The maximum atomic E-state index is 11.9. The van der Waals surface area contributed by atoms with Crippen LogP contribution in [-0.2, 0) is 0 Å². The Labute approximate surface area is 119 Å². The van der Waals surface area contributed by atoms with Crippen molar-refractivity contribution >= 4 is 16.6 Å². The Bertz CT molecular complexity index is 624. The molecule has 3 rings (SSSR count). The van der Waals surface area contributed by atoms with Crippen LogP contribution >= 0.6 is 0 Å². The Hall–Kier alpha value is -1.83. The molecule has 0 radical (unpaired) electrons. The van der Waals surface area contributed by atoms with Gasteiger partial charge in [-0.05, 0) is 44.1 Å². The van der Waals surface area contributed by atoms with Gasteiger partial charge in [-0.2, -0.15) is 0 Å². The molecule has 0 aliphatic heterocycles. The van der Waals surface area contributed by atoms with E-state index >= 15 is 0 Å². The van der Waals surface area contributed by atoms with Crippen LogP contribution in [0, 0.1) is 0 Å². The highest BCUT2D eigenvalue weighted by Crippen LogP contribution is 2.33.